The Morgan fingerprint density at radius 1 is 0.850 bits per heavy atom. The number of carbonyl (C=O) groups excluding carboxylic acids is 2. The van der Waals surface area contributed by atoms with Gasteiger partial charge in [0.2, 0.25) is 0 Å². The van der Waals surface area contributed by atoms with Crippen molar-refractivity contribution in [3.63, 3.8) is 0 Å². The second kappa shape index (κ2) is 8.18. The molecule has 0 aliphatic heterocycles. The van der Waals surface area contributed by atoms with E-state index in [0.717, 1.165) is 0 Å². The Labute approximate surface area is 113 Å². The van der Waals surface area contributed by atoms with Gasteiger partial charge in [0.05, 0.1) is 12.4 Å². The van der Waals surface area contributed by atoms with Gasteiger partial charge in [-0.3, -0.25) is 10.4 Å². The van der Waals surface area contributed by atoms with Gasteiger partial charge in [-0.15, -0.1) is 0 Å². The van der Waals surface area contributed by atoms with Crippen LogP contribution in [0.25, 0.3) is 0 Å². The second-order valence-corrected chi connectivity index (χ2v) is 3.29. The zero-order valence-electron chi connectivity index (χ0n) is 10.1. The van der Waals surface area contributed by atoms with E-state index in [9.17, 15) is 9.59 Å². The highest BCUT2D eigenvalue weighted by atomic mass is 16.5. The Morgan fingerprint density at radius 2 is 1.20 bits per heavy atom. The Morgan fingerprint density at radius 3 is 1.50 bits per heavy atom. The molecule has 0 radical (unpaired) electrons. The third-order valence-electron chi connectivity index (χ3n) is 1.90. The minimum atomic E-state index is -0.849. The fraction of sp³-hybridized carbons (Fsp3) is 0. The minimum Gasteiger partial charge on any atom is -0.287 e. The molecule has 20 heavy (non-hydrogen) atoms. The number of urea groups is 2. The molecule has 0 heterocycles. The fourth-order valence-electron chi connectivity index (χ4n) is 1.05. The zero-order valence-corrected chi connectivity index (χ0v) is 10.1. The zero-order chi connectivity index (χ0) is 14.8. The maximum Gasteiger partial charge on any atom is 0.358 e. The van der Waals surface area contributed by atoms with Crippen molar-refractivity contribution >= 4 is 24.5 Å². The lowest BCUT2D eigenvalue weighted by Gasteiger charge is -1.97. The van der Waals surface area contributed by atoms with Crippen LogP contribution in [-0.2, 0) is 0 Å². The number of hydrogen-bond donors (Lipinski definition) is 6. The van der Waals surface area contributed by atoms with Gasteiger partial charge < -0.3 is 0 Å². The van der Waals surface area contributed by atoms with Gasteiger partial charge in [0, 0.05) is 0 Å². The first-order valence-corrected chi connectivity index (χ1v) is 5.22. The molecule has 0 saturated heterocycles. The monoisotopic (exact) mass is 280 g/mol. The van der Waals surface area contributed by atoms with Crippen molar-refractivity contribution in [3.05, 3.63) is 35.4 Å². The van der Waals surface area contributed by atoms with E-state index in [-0.39, 0.29) is 0 Å². The van der Waals surface area contributed by atoms with Crippen molar-refractivity contribution in [2.24, 2.45) is 10.2 Å². The van der Waals surface area contributed by atoms with Gasteiger partial charge in [-0.05, 0) is 11.1 Å². The largest absolute Gasteiger partial charge is 0.358 e. The van der Waals surface area contributed by atoms with Gasteiger partial charge in [-0.25, -0.2) is 31.4 Å². The highest BCUT2D eigenvalue weighted by molar-refractivity contribution is 5.85. The Balaban J connectivity index is 2.51. The lowest BCUT2D eigenvalue weighted by atomic mass is 10.2. The molecule has 0 bridgehead atoms. The third kappa shape index (κ3) is 5.57. The maximum atomic E-state index is 10.6. The van der Waals surface area contributed by atoms with Crippen molar-refractivity contribution in [1.29, 1.82) is 0 Å². The van der Waals surface area contributed by atoms with Crippen molar-refractivity contribution in [2.75, 3.05) is 0 Å². The van der Waals surface area contributed by atoms with E-state index in [1.54, 1.807) is 24.3 Å². The Hall–Kier alpha value is -2.98. The number of nitrogens with one attached hydrogen (secondary N) is 4. The molecule has 0 aliphatic rings. The third-order valence-corrected chi connectivity index (χ3v) is 1.90. The van der Waals surface area contributed by atoms with Crippen LogP contribution in [-0.4, -0.2) is 34.9 Å². The first-order chi connectivity index (χ1) is 9.65. The summed E-state index contributed by atoms with van der Waals surface area (Å²) in [6, 6.07) is 5.06. The maximum absolute atomic E-state index is 10.6. The van der Waals surface area contributed by atoms with Crippen LogP contribution < -0.4 is 21.8 Å². The van der Waals surface area contributed by atoms with Crippen LogP contribution >= 0.6 is 0 Å². The number of carbonyl (C=O) groups is 2. The average molecular weight is 280 g/mol. The summed E-state index contributed by atoms with van der Waals surface area (Å²) in [5, 5.41) is 23.5. The summed E-state index contributed by atoms with van der Waals surface area (Å²) in [6.45, 7) is 0. The van der Waals surface area contributed by atoms with Crippen molar-refractivity contribution in [3.8, 4) is 0 Å². The number of hydroxylamine groups is 2. The van der Waals surface area contributed by atoms with E-state index in [0.29, 0.717) is 11.1 Å². The smallest absolute Gasteiger partial charge is 0.287 e. The summed E-state index contributed by atoms with van der Waals surface area (Å²) in [7, 11) is 0. The molecule has 0 aliphatic carbocycles. The molecule has 0 spiro atoms. The standard InChI is InChI=1S/C10H12N6O4/c17-9(15-19)13-11-5-7-1-2-8(4-3-7)6-12-14-10(18)16-20/h1-6,19-20H,(H2,13,15,17)(H2,14,16,18)/b11-5-,12-6+. The molecule has 106 valence electrons. The van der Waals surface area contributed by atoms with E-state index in [1.165, 1.54) is 23.4 Å². The summed E-state index contributed by atoms with van der Waals surface area (Å²) < 4.78 is 0. The van der Waals surface area contributed by atoms with Crippen molar-refractivity contribution < 1.29 is 20.0 Å². The molecular weight excluding hydrogens is 268 g/mol. The number of benzene rings is 1. The van der Waals surface area contributed by atoms with E-state index in [2.05, 4.69) is 10.2 Å². The SMILES string of the molecule is O=C(NO)N/N=C\c1ccc(/C=N/NC(=O)NO)cc1. The van der Waals surface area contributed by atoms with Crippen LogP contribution in [0.2, 0.25) is 0 Å². The molecule has 1 rings (SSSR count). The number of amides is 4. The predicted octanol–water partition coefficient (Wildman–Crippen LogP) is -0.269. The molecule has 1 aromatic carbocycles. The molecule has 0 saturated carbocycles. The molecule has 0 fully saturated rings. The molecule has 6 N–H and O–H groups in total. The minimum absolute atomic E-state index is 0.696. The second-order valence-electron chi connectivity index (χ2n) is 3.29. The highest BCUT2D eigenvalue weighted by Gasteiger charge is 1.94. The normalized spacial score (nSPS) is 10.5. The molecule has 0 unspecified atom stereocenters. The summed E-state index contributed by atoms with van der Waals surface area (Å²) in [5.74, 6) is 0. The quantitative estimate of drug-likeness (QED) is 0.256. The molecule has 1 aromatic rings. The first-order valence-electron chi connectivity index (χ1n) is 5.22. The highest BCUT2D eigenvalue weighted by Crippen LogP contribution is 1.99. The number of rotatable bonds is 4. The molecule has 4 amide bonds. The average Bonchev–Trinajstić information content (AvgIpc) is 2.48. The van der Waals surface area contributed by atoms with Gasteiger partial charge in [0.15, 0.2) is 0 Å². The van der Waals surface area contributed by atoms with Crippen LogP contribution in [0, 0.1) is 0 Å². The Bertz CT molecular complexity index is 466. The molecule has 10 heteroatoms. The van der Waals surface area contributed by atoms with E-state index in [1.807, 2.05) is 10.9 Å². The predicted molar refractivity (Wildman–Crippen MR) is 68.5 cm³/mol. The first kappa shape index (κ1) is 15.1. The van der Waals surface area contributed by atoms with Crippen LogP contribution in [0.3, 0.4) is 0 Å². The van der Waals surface area contributed by atoms with E-state index < -0.39 is 12.1 Å². The molecule has 0 aromatic heterocycles. The summed E-state index contributed by atoms with van der Waals surface area (Å²) in [6.07, 6.45) is 2.74. The summed E-state index contributed by atoms with van der Waals surface area (Å²) in [5.41, 5.74) is 8.14. The molecule has 0 atom stereocenters. The molecule has 10 nitrogen and oxygen atoms in total. The lowest BCUT2D eigenvalue weighted by molar-refractivity contribution is 0.162. The van der Waals surface area contributed by atoms with Gasteiger partial charge in [0.25, 0.3) is 0 Å². The fourth-order valence-corrected chi connectivity index (χ4v) is 1.05. The molecular formula is C10H12N6O4. The topological polar surface area (TPSA) is 147 Å². The number of hydrogen-bond acceptors (Lipinski definition) is 6. The van der Waals surface area contributed by atoms with Gasteiger partial charge in [0.1, 0.15) is 0 Å². The van der Waals surface area contributed by atoms with E-state index >= 15 is 0 Å². The van der Waals surface area contributed by atoms with Gasteiger partial charge in [-0.1, -0.05) is 24.3 Å². The summed E-state index contributed by atoms with van der Waals surface area (Å²) >= 11 is 0. The lowest BCUT2D eigenvalue weighted by Crippen LogP contribution is -2.29. The van der Waals surface area contributed by atoms with Gasteiger partial charge in [-0.2, -0.15) is 10.2 Å². The number of nitrogens with zero attached hydrogens (tertiary/aromatic N) is 2. The van der Waals surface area contributed by atoms with Gasteiger partial charge >= 0.3 is 12.1 Å². The van der Waals surface area contributed by atoms with Crippen LogP contribution in [0.5, 0.6) is 0 Å². The van der Waals surface area contributed by atoms with Crippen LogP contribution in [0.4, 0.5) is 9.59 Å². The van der Waals surface area contributed by atoms with Crippen LogP contribution in [0.15, 0.2) is 34.5 Å². The van der Waals surface area contributed by atoms with Crippen LogP contribution in [0.1, 0.15) is 11.1 Å². The van der Waals surface area contributed by atoms with Crippen molar-refractivity contribution in [1.82, 2.24) is 21.8 Å². The van der Waals surface area contributed by atoms with Crippen molar-refractivity contribution in [2.45, 2.75) is 0 Å². The number of hydrazone groups is 2. The Kier molecular flexibility index (Phi) is 6.17. The van der Waals surface area contributed by atoms with E-state index in [4.69, 9.17) is 10.4 Å². The summed E-state index contributed by atoms with van der Waals surface area (Å²) in [4.78, 5) is 21.2.